The first-order chi connectivity index (χ1) is 15.6. The first-order valence-electron chi connectivity index (χ1n) is 11.5. The first-order valence-corrected chi connectivity index (χ1v) is 11.9. The summed E-state index contributed by atoms with van der Waals surface area (Å²) in [5.41, 5.74) is 1.00. The fourth-order valence-electron chi connectivity index (χ4n) is 4.77. The minimum absolute atomic E-state index is 0.138. The van der Waals surface area contributed by atoms with Crippen molar-refractivity contribution < 1.29 is 9.84 Å². The summed E-state index contributed by atoms with van der Waals surface area (Å²) in [5.74, 6) is 1.04. The Morgan fingerprint density at radius 3 is 1.97 bits per heavy atom. The maximum atomic E-state index is 12.0. The highest BCUT2D eigenvalue weighted by atomic mass is 35.5. The van der Waals surface area contributed by atoms with Crippen LogP contribution in [0.3, 0.4) is 0 Å². The van der Waals surface area contributed by atoms with Crippen molar-refractivity contribution in [2.45, 2.75) is 37.9 Å². The second kappa shape index (κ2) is 10.5. The third-order valence-corrected chi connectivity index (χ3v) is 6.86. The molecule has 4 rings (SSSR count). The van der Waals surface area contributed by atoms with Crippen LogP contribution >= 0.6 is 11.6 Å². The van der Waals surface area contributed by atoms with Gasteiger partial charge in [-0.2, -0.15) is 0 Å². The molecule has 0 spiro atoms. The van der Waals surface area contributed by atoms with Crippen LogP contribution in [-0.2, 0) is 5.60 Å². The Kier molecular flexibility index (Phi) is 7.51. The number of aliphatic hydroxyl groups is 1. The van der Waals surface area contributed by atoms with E-state index in [0.29, 0.717) is 0 Å². The molecule has 1 unspecified atom stereocenters. The van der Waals surface area contributed by atoms with E-state index in [1.165, 1.54) is 0 Å². The molecule has 1 fully saturated rings. The van der Waals surface area contributed by atoms with E-state index in [2.05, 4.69) is 36.1 Å². The number of piperidine rings is 1. The van der Waals surface area contributed by atoms with Crippen LogP contribution in [0, 0.1) is 5.92 Å². The van der Waals surface area contributed by atoms with E-state index in [9.17, 15) is 5.11 Å². The third-order valence-electron chi connectivity index (χ3n) is 6.61. The number of ether oxygens (including phenoxy) is 1. The molecule has 0 aliphatic carbocycles. The van der Waals surface area contributed by atoms with Crippen molar-refractivity contribution in [1.29, 1.82) is 0 Å². The van der Waals surface area contributed by atoms with E-state index in [-0.39, 0.29) is 12.0 Å². The van der Waals surface area contributed by atoms with Crippen molar-refractivity contribution >= 4 is 11.6 Å². The smallest absolute Gasteiger partial charge is 0.119 e. The van der Waals surface area contributed by atoms with Gasteiger partial charge in [0.2, 0.25) is 0 Å². The van der Waals surface area contributed by atoms with Crippen molar-refractivity contribution in [3.63, 3.8) is 0 Å². The molecule has 3 nitrogen and oxygen atoms in total. The molecule has 1 heterocycles. The molecule has 32 heavy (non-hydrogen) atoms. The number of nitrogens with zero attached hydrogens (tertiary/aromatic N) is 1. The van der Waals surface area contributed by atoms with E-state index in [1.807, 2.05) is 60.7 Å². The lowest BCUT2D eigenvalue weighted by Crippen LogP contribution is -2.44. The quantitative estimate of drug-likeness (QED) is 0.448. The molecule has 0 amide bonds. The monoisotopic (exact) mass is 449 g/mol. The summed E-state index contributed by atoms with van der Waals surface area (Å²) in [4.78, 5) is 2.49. The van der Waals surface area contributed by atoms with Crippen LogP contribution in [0.15, 0.2) is 84.9 Å². The Bertz CT molecular complexity index is 914. The van der Waals surface area contributed by atoms with Crippen LogP contribution in [0.2, 0.25) is 5.02 Å². The lowest BCUT2D eigenvalue weighted by Gasteiger charge is -2.42. The molecule has 0 aromatic heterocycles. The second-order valence-corrected chi connectivity index (χ2v) is 9.22. The minimum Gasteiger partial charge on any atom is -0.491 e. The van der Waals surface area contributed by atoms with Crippen molar-refractivity contribution in [2.75, 3.05) is 19.6 Å². The maximum Gasteiger partial charge on any atom is 0.119 e. The highest BCUT2D eigenvalue weighted by Crippen LogP contribution is 2.41. The standard InChI is InChI=1S/C28H32ClNO2/c1-22(32-27-14-12-26(29)13-15-27)16-19-30-20-17-25(18-21-30)28(31,23-8-4-2-5-9-23)24-10-6-3-7-11-24/h2-15,22,25,31H,16-21H2,1H3. The molecule has 3 aromatic rings. The summed E-state index contributed by atoms with van der Waals surface area (Å²) in [6, 6.07) is 27.8. The Labute approximate surface area is 196 Å². The molecular formula is C28H32ClNO2. The van der Waals surface area contributed by atoms with Gasteiger partial charge in [0.05, 0.1) is 6.10 Å². The van der Waals surface area contributed by atoms with Gasteiger partial charge in [0.15, 0.2) is 0 Å². The predicted molar refractivity (Wildman–Crippen MR) is 131 cm³/mol. The largest absolute Gasteiger partial charge is 0.491 e. The van der Waals surface area contributed by atoms with E-state index in [1.54, 1.807) is 0 Å². The van der Waals surface area contributed by atoms with Crippen LogP contribution in [0.25, 0.3) is 0 Å². The van der Waals surface area contributed by atoms with Gasteiger partial charge in [0.25, 0.3) is 0 Å². The highest BCUT2D eigenvalue weighted by Gasteiger charge is 2.41. The topological polar surface area (TPSA) is 32.7 Å². The molecule has 0 bridgehead atoms. The average Bonchev–Trinajstić information content (AvgIpc) is 2.85. The zero-order valence-electron chi connectivity index (χ0n) is 18.7. The molecular weight excluding hydrogens is 418 g/mol. The van der Waals surface area contributed by atoms with Gasteiger partial charge >= 0.3 is 0 Å². The minimum atomic E-state index is -0.959. The fourth-order valence-corrected chi connectivity index (χ4v) is 4.89. The zero-order valence-corrected chi connectivity index (χ0v) is 19.4. The third kappa shape index (κ3) is 5.35. The summed E-state index contributed by atoms with van der Waals surface area (Å²) in [6.45, 7) is 5.09. The molecule has 1 saturated heterocycles. The lowest BCUT2D eigenvalue weighted by molar-refractivity contribution is -0.0152. The average molecular weight is 450 g/mol. The summed E-state index contributed by atoms with van der Waals surface area (Å²) in [7, 11) is 0. The summed E-state index contributed by atoms with van der Waals surface area (Å²) in [6.07, 6.45) is 3.04. The number of rotatable bonds is 8. The van der Waals surface area contributed by atoms with Gasteiger partial charge in [0.1, 0.15) is 11.4 Å². The van der Waals surface area contributed by atoms with Crippen molar-refractivity contribution in [3.8, 4) is 5.75 Å². The molecule has 1 aliphatic heterocycles. The fraction of sp³-hybridized carbons (Fsp3) is 0.357. The van der Waals surface area contributed by atoms with Gasteiger partial charge < -0.3 is 14.7 Å². The number of likely N-dealkylation sites (tertiary alicyclic amines) is 1. The number of halogens is 1. The van der Waals surface area contributed by atoms with Crippen LogP contribution < -0.4 is 4.74 Å². The van der Waals surface area contributed by atoms with Crippen LogP contribution in [-0.4, -0.2) is 35.7 Å². The van der Waals surface area contributed by atoms with Crippen molar-refractivity contribution in [2.24, 2.45) is 5.92 Å². The van der Waals surface area contributed by atoms with Gasteiger partial charge in [-0.15, -0.1) is 0 Å². The van der Waals surface area contributed by atoms with E-state index < -0.39 is 5.60 Å². The van der Waals surface area contributed by atoms with Gasteiger partial charge in [-0.3, -0.25) is 0 Å². The number of hydrogen-bond acceptors (Lipinski definition) is 3. The number of benzene rings is 3. The second-order valence-electron chi connectivity index (χ2n) is 8.79. The normalized spacial score (nSPS) is 16.6. The highest BCUT2D eigenvalue weighted by molar-refractivity contribution is 6.30. The summed E-state index contributed by atoms with van der Waals surface area (Å²) in [5, 5.41) is 12.7. The van der Waals surface area contributed by atoms with Crippen molar-refractivity contribution in [1.82, 2.24) is 4.90 Å². The molecule has 1 N–H and O–H groups in total. The molecule has 0 radical (unpaired) electrons. The predicted octanol–water partition coefficient (Wildman–Crippen LogP) is 6.15. The molecule has 1 aliphatic rings. The van der Waals surface area contributed by atoms with Crippen LogP contribution in [0.4, 0.5) is 0 Å². The Morgan fingerprint density at radius 1 is 0.906 bits per heavy atom. The zero-order chi connectivity index (χ0) is 22.4. The van der Waals surface area contributed by atoms with Gasteiger partial charge in [-0.05, 0) is 80.6 Å². The molecule has 1 atom stereocenters. The molecule has 168 valence electrons. The van der Waals surface area contributed by atoms with E-state index in [4.69, 9.17) is 16.3 Å². The Balaban J connectivity index is 1.36. The van der Waals surface area contributed by atoms with Crippen LogP contribution in [0.5, 0.6) is 5.75 Å². The lowest BCUT2D eigenvalue weighted by atomic mass is 9.72. The Morgan fingerprint density at radius 2 is 1.44 bits per heavy atom. The first kappa shape index (κ1) is 22.8. The molecule has 3 aromatic carbocycles. The van der Waals surface area contributed by atoms with Gasteiger partial charge in [-0.1, -0.05) is 72.3 Å². The van der Waals surface area contributed by atoms with Gasteiger partial charge in [-0.25, -0.2) is 0 Å². The molecule has 0 saturated carbocycles. The summed E-state index contributed by atoms with van der Waals surface area (Å²) < 4.78 is 6.03. The van der Waals surface area contributed by atoms with Gasteiger partial charge in [0, 0.05) is 11.6 Å². The number of hydrogen-bond donors (Lipinski definition) is 1. The SMILES string of the molecule is CC(CCN1CCC(C(O)(c2ccccc2)c2ccccc2)CC1)Oc1ccc(Cl)cc1. The van der Waals surface area contributed by atoms with Crippen LogP contribution in [0.1, 0.15) is 37.3 Å². The molecule has 4 heteroatoms. The summed E-state index contributed by atoms with van der Waals surface area (Å²) >= 11 is 5.95. The van der Waals surface area contributed by atoms with E-state index >= 15 is 0 Å². The van der Waals surface area contributed by atoms with E-state index in [0.717, 1.165) is 60.8 Å². The Hall–Kier alpha value is -2.33. The van der Waals surface area contributed by atoms with Crippen molar-refractivity contribution in [3.05, 3.63) is 101 Å². The maximum absolute atomic E-state index is 12.0.